The molecule has 0 radical (unpaired) electrons. The lowest BCUT2D eigenvalue weighted by molar-refractivity contribution is 0.301. The van der Waals surface area contributed by atoms with Gasteiger partial charge >= 0.3 is 0 Å². The molecule has 0 unspecified atom stereocenters. The molecule has 0 aliphatic rings. The summed E-state index contributed by atoms with van der Waals surface area (Å²) in [5.74, 6) is 0.0331. The molecule has 2 nitrogen and oxygen atoms in total. The van der Waals surface area contributed by atoms with E-state index in [1.54, 1.807) is 18.2 Å². The van der Waals surface area contributed by atoms with Crippen molar-refractivity contribution in [2.75, 3.05) is 6.54 Å². The van der Waals surface area contributed by atoms with Crippen LogP contribution in [0.25, 0.3) is 0 Å². The van der Waals surface area contributed by atoms with Gasteiger partial charge < -0.3 is 10.1 Å². The van der Waals surface area contributed by atoms with Gasteiger partial charge in [0.05, 0.1) is 0 Å². The first-order valence-electron chi connectivity index (χ1n) is 7.05. The summed E-state index contributed by atoms with van der Waals surface area (Å²) in [6.45, 7) is 3.73. The van der Waals surface area contributed by atoms with Crippen LogP contribution in [0, 0.1) is 11.6 Å². The summed E-state index contributed by atoms with van der Waals surface area (Å²) in [7, 11) is 0. The lowest BCUT2D eigenvalue weighted by Crippen LogP contribution is -2.15. The van der Waals surface area contributed by atoms with Crippen molar-refractivity contribution >= 4 is 0 Å². The minimum atomic E-state index is -0.292. The fourth-order valence-corrected chi connectivity index (χ4v) is 2.01. The summed E-state index contributed by atoms with van der Waals surface area (Å²) in [6.07, 6.45) is 1.01. The highest BCUT2D eigenvalue weighted by atomic mass is 19.1. The molecule has 0 saturated carbocycles. The summed E-state index contributed by atoms with van der Waals surface area (Å²) in [6, 6.07) is 10.7. The van der Waals surface area contributed by atoms with Gasteiger partial charge in [-0.1, -0.05) is 19.1 Å². The van der Waals surface area contributed by atoms with Gasteiger partial charge in [0, 0.05) is 12.1 Å². The molecule has 0 saturated heterocycles. The highest BCUT2D eigenvalue weighted by Gasteiger charge is 2.06. The minimum absolute atomic E-state index is 0.254. The molecular formula is C17H19F2NO. The van der Waals surface area contributed by atoms with Crippen LogP contribution >= 0.6 is 0 Å². The molecule has 0 fully saturated rings. The van der Waals surface area contributed by atoms with Gasteiger partial charge in [-0.3, -0.25) is 0 Å². The zero-order valence-corrected chi connectivity index (χ0v) is 12.0. The fourth-order valence-electron chi connectivity index (χ4n) is 2.01. The molecule has 0 amide bonds. The molecule has 2 aromatic carbocycles. The van der Waals surface area contributed by atoms with E-state index >= 15 is 0 Å². The van der Waals surface area contributed by atoms with E-state index < -0.39 is 0 Å². The lowest BCUT2D eigenvalue weighted by Gasteiger charge is -2.12. The fraction of sp³-hybridized carbons (Fsp3) is 0.294. The van der Waals surface area contributed by atoms with Crippen LogP contribution in [0.2, 0.25) is 0 Å². The maximum absolute atomic E-state index is 13.3. The van der Waals surface area contributed by atoms with Gasteiger partial charge in [-0.15, -0.1) is 0 Å². The van der Waals surface area contributed by atoms with E-state index in [1.165, 1.54) is 24.3 Å². The Bertz CT molecular complexity index is 587. The first-order chi connectivity index (χ1) is 10.2. The van der Waals surface area contributed by atoms with E-state index in [4.69, 9.17) is 4.74 Å². The van der Waals surface area contributed by atoms with E-state index in [1.807, 2.05) is 0 Å². The summed E-state index contributed by atoms with van der Waals surface area (Å²) in [4.78, 5) is 0. The zero-order valence-electron chi connectivity index (χ0n) is 12.0. The quantitative estimate of drug-likeness (QED) is 0.777. The van der Waals surface area contributed by atoms with Crippen molar-refractivity contribution in [1.82, 2.24) is 5.32 Å². The van der Waals surface area contributed by atoms with Gasteiger partial charge in [-0.2, -0.15) is 0 Å². The first-order valence-corrected chi connectivity index (χ1v) is 7.05. The standard InChI is InChI=1S/C17H19F2NO/c1-2-8-20-11-14-10-16(19)6-7-17(14)21-12-13-4-3-5-15(18)9-13/h3-7,9-10,20H,2,8,11-12H2,1H3. The second-order valence-electron chi connectivity index (χ2n) is 4.85. The topological polar surface area (TPSA) is 21.3 Å². The van der Waals surface area contributed by atoms with Gasteiger partial charge in [-0.05, 0) is 48.9 Å². The molecule has 4 heteroatoms. The molecule has 2 aromatic rings. The third-order valence-electron chi connectivity index (χ3n) is 3.05. The molecule has 0 aliphatic carbocycles. The van der Waals surface area contributed by atoms with Gasteiger partial charge in [-0.25, -0.2) is 8.78 Å². The summed E-state index contributed by atoms with van der Waals surface area (Å²) in [5, 5.41) is 3.22. The average Bonchev–Trinajstić information content (AvgIpc) is 2.47. The van der Waals surface area contributed by atoms with Crippen LogP contribution < -0.4 is 10.1 Å². The summed E-state index contributed by atoms with van der Waals surface area (Å²) < 4.78 is 32.1. The molecule has 0 atom stereocenters. The molecule has 2 rings (SSSR count). The van der Waals surface area contributed by atoms with E-state index in [2.05, 4.69) is 12.2 Å². The van der Waals surface area contributed by atoms with Crippen LogP contribution in [0.5, 0.6) is 5.75 Å². The van der Waals surface area contributed by atoms with E-state index in [0.29, 0.717) is 12.3 Å². The van der Waals surface area contributed by atoms with Crippen LogP contribution in [0.15, 0.2) is 42.5 Å². The molecule has 0 spiro atoms. The Morgan fingerprint density at radius 2 is 1.86 bits per heavy atom. The Morgan fingerprint density at radius 1 is 1.05 bits per heavy atom. The second-order valence-corrected chi connectivity index (χ2v) is 4.85. The van der Waals surface area contributed by atoms with Crippen molar-refractivity contribution in [3.63, 3.8) is 0 Å². The number of ether oxygens (including phenoxy) is 1. The van der Waals surface area contributed by atoms with Crippen molar-refractivity contribution in [3.05, 3.63) is 65.2 Å². The maximum atomic E-state index is 13.3. The number of nitrogens with one attached hydrogen (secondary N) is 1. The maximum Gasteiger partial charge on any atom is 0.124 e. The number of rotatable bonds is 7. The molecule has 0 bridgehead atoms. The normalized spacial score (nSPS) is 10.6. The van der Waals surface area contributed by atoms with Crippen LogP contribution in [-0.2, 0) is 13.2 Å². The van der Waals surface area contributed by atoms with Crippen molar-refractivity contribution in [2.45, 2.75) is 26.5 Å². The minimum Gasteiger partial charge on any atom is -0.489 e. The van der Waals surface area contributed by atoms with Gasteiger partial charge in [0.2, 0.25) is 0 Å². The second kappa shape index (κ2) is 7.74. The Hall–Kier alpha value is -1.94. The van der Waals surface area contributed by atoms with Gasteiger partial charge in [0.15, 0.2) is 0 Å². The molecule has 1 N–H and O–H groups in total. The Labute approximate surface area is 123 Å². The molecular weight excluding hydrogens is 272 g/mol. The number of halogens is 2. The highest BCUT2D eigenvalue weighted by Crippen LogP contribution is 2.21. The predicted octanol–water partition coefficient (Wildman–Crippen LogP) is 4.04. The summed E-state index contributed by atoms with van der Waals surface area (Å²) >= 11 is 0. The Kier molecular flexibility index (Phi) is 5.69. The highest BCUT2D eigenvalue weighted by molar-refractivity contribution is 5.34. The van der Waals surface area contributed by atoms with Gasteiger partial charge in [0.1, 0.15) is 24.0 Å². The Balaban J connectivity index is 2.04. The number of hydrogen-bond donors (Lipinski definition) is 1. The van der Waals surface area contributed by atoms with Crippen LogP contribution in [0.1, 0.15) is 24.5 Å². The van der Waals surface area contributed by atoms with Crippen LogP contribution in [0.4, 0.5) is 8.78 Å². The third kappa shape index (κ3) is 4.83. The number of hydrogen-bond acceptors (Lipinski definition) is 2. The average molecular weight is 291 g/mol. The Morgan fingerprint density at radius 3 is 2.62 bits per heavy atom. The van der Waals surface area contributed by atoms with E-state index in [-0.39, 0.29) is 18.2 Å². The smallest absolute Gasteiger partial charge is 0.124 e. The third-order valence-corrected chi connectivity index (χ3v) is 3.05. The van der Waals surface area contributed by atoms with Crippen molar-refractivity contribution in [1.29, 1.82) is 0 Å². The largest absolute Gasteiger partial charge is 0.489 e. The predicted molar refractivity (Wildman–Crippen MR) is 79.1 cm³/mol. The van der Waals surface area contributed by atoms with E-state index in [9.17, 15) is 8.78 Å². The van der Waals surface area contributed by atoms with Gasteiger partial charge in [0.25, 0.3) is 0 Å². The zero-order chi connectivity index (χ0) is 15.1. The summed E-state index contributed by atoms with van der Waals surface area (Å²) in [5.41, 5.74) is 1.51. The van der Waals surface area contributed by atoms with Crippen molar-refractivity contribution < 1.29 is 13.5 Å². The SMILES string of the molecule is CCCNCc1cc(F)ccc1OCc1cccc(F)c1. The van der Waals surface area contributed by atoms with Crippen LogP contribution in [0.3, 0.4) is 0 Å². The lowest BCUT2D eigenvalue weighted by atomic mass is 10.2. The van der Waals surface area contributed by atoms with Crippen LogP contribution in [-0.4, -0.2) is 6.54 Å². The molecule has 0 aromatic heterocycles. The van der Waals surface area contributed by atoms with E-state index in [0.717, 1.165) is 24.1 Å². The van der Waals surface area contributed by atoms with Crippen molar-refractivity contribution in [3.8, 4) is 5.75 Å². The van der Waals surface area contributed by atoms with Crippen molar-refractivity contribution in [2.24, 2.45) is 0 Å². The molecule has 0 heterocycles. The molecule has 21 heavy (non-hydrogen) atoms. The monoisotopic (exact) mass is 291 g/mol. The molecule has 112 valence electrons. The molecule has 0 aliphatic heterocycles. The number of benzene rings is 2. The first kappa shape index (κ1) is 15.4.